The van der Waals surface area contributed by atoms with Crippen LogP contribution in [0.25, 0.3) is 0 Å². The van der Waals surface area contributed by atoms with E-state index >= 15 is 0 Å². The van der Waals surface area contributed by atoms with Crippen LogP contribution in [0.1, 0.15) is 33.1 Å². The lowest BCUT2D eigenvalue weighted by Gasteiger charge is -2.39. The van der Waals surface area contributed by atoms with E-state index in [4.69, 9.17) is 4.74 Å². The van der Waals surface area contributed by atoms with Crippen LogP contribution in [-0.2, 0) is 14.3 Å². The molecule has 1 amide bonds. The van der Waals surface area contributed by atoms with Crippen LogP contribution >= 0.6 is 0 Å². The SMILES string of the molecule is CC1(C)CC(N2CCC(=O)C2=O)CCO1. The van der Waals surface area contributed by atoms with Crippen LogP contribution in [0.4, 0.5) is 0 Å². The molecule has 4 nitrogen and oxygen atoms in total. The monoisotopic (exact) mass is 211 g/mol. The molecule has 2 aliphatic rings. The van der Waals surface area contributed by atoms with Gasteiger partial charge in [-0.1, -0.05) is 0 Å². The number of amides is 1. The van der Waals surface area contributed by atoms with Gasteiger partial charge in [0.05, 0.1) is 5.60 Å². The van der Waals surface area contributed by atoms with Gasteiger partial charge in [-0.05, 0) is 26.7 Å². The predicted octanol–water partition coefficient (Wildman–Crippen LogP) is 0.745. The summed E-state index contributed by atoms with van der Waals surface area (Å²) in [6.45, 7) is 5.33. The molecule has 15 heavy (non-hydrogen) atoms. The van der Waals surface area contributed by atoms with Crippen molar-refractivity contribution in [3.05, 3.63) is 0 Å². The minimum Gasteiger partial charge on any atom is -0.375 e. The standard InChI is InChI=1S/C11H17NO3/c1-11(2)7-8(4-6-15-11)12-5-3-9(13)10(12)14/h8H,3-7H2,1-2H3. The molecule has 0 spiro atoms. The van der Waals surface area contributed by atoms with Gasteiger partial charge >= 0.3 is 0 Å². The average molecular weight is 211 g/mol. The molecule has 2 heterocycles. The van der Waals surface area contributed by atoms with Gasteiger partial charge in [-0.25, -0.2) is 0 Å². The van der Waals surface area contributed by atoms with Crippen LogP contribution in [-0.4, -0.2) is 41.4 Å². The van der Waals surface area contributed by atoms with Crippen LogP contribution in [0.5, 0.6) is 0 Å². The third-order valence-electron chi connectivity index (χ3n) is 3.19. The summed E-state index contributed by atoms with van der Waals surface area (Å²) in [5.41, 5.74) is -0.172. The Bertz CT molecular complexity index is 298. The molecule has 1 atom stereocenters. The zero-order valence-corrected chi connectivity index (χ0v) is 9.28. The molecule has 0 aromatic heterocycles. The molecule has 0 bridgehead atoms. The Morgan fingerprint density at radius 2 is 2.13 bits per heavy atom. The van der Waals surface area contributed by atoms with Crippen LogP contribution in [0.3, 0.4) is 0 Å². The molecule has 0 N–H and O–H groups in total. The second-order valence-electron chi connectivity index (χ2n) is 4.93. The molecule has 2 saturated heterocycles. The second kappa shape index (κ2) is 3.59. The number of nitrogens with zero attached hydrogens (tertiary/aromatic N) is 1. The van der Waals surface area contributed by atoms with E-state index in [1.165, 1.54) is 0 Å². The largest absolute Gasteiger partial charge is 0.375 e. The van der Waals surface area contributed by atoms with E-state index < -0.39 is 0 Å². The van der Waals surface area contributed by atoms with E-state index in [9.17, 15) is 9.59 Å². The number of rotatable bonds is 1. The van der Waals surface area contributed by atoms with E-state index in [1.54, 1.807) is 4.90 Å². The van der Waals surface area contributed by atoms with Gasteiger partial charge in [0.15, 0.2) is 0 Å². The van der Waals surface area contributed by atoms with Gasteiger partial charge in [-0.15, -0.1) is 0 Å². The highest BCUT2D eigenvalue weighted by Crippen LogP contribution is 2.29. The van der Waals surface area contributed by atoms with Gasteiger partial charge in [-0.2, -0.15) is 0 Å². The first kappa shape index (κ1) is 10.6. The summed E-state index contributed by atoms with van der Waals surface area (Å²) in [7, 11) is 0. The van der Waals surface area contributed by atoms with Crippen LogP contribution < -0.4 is 0 Å². The van der Waals surface area contributed by atoms with Gasteiger partial charge < -0.3 is 9.64 Å². The third kappa shape index (κ3) is 2.04. The maximum atomic E-state index is 11.6. The Morgan fingerprint density at radius 1 is 1.40 bits per heavy atom. The molecule has 0 saturated carbocycles. The van der Waals surface area contributed by atoms with E-state index in [2.05, 4.69) is 0 Å². The summed E-state index contributed by atoms with van der Waals surface area (Å²) >= 11 is 0. The summed E-state index contributed by atoms with van der Waals surface area (Å²) in [4.78, 5) is 24.4. The molecule has 4 heteroatoms. The average Bonchev–Trinajstić information content (AvgIpc) is 2.46. The lowest BCUT2D eigenvalue weighted by molar-refractivity contribution is -0.144. The van der Waals surface area contributed by atoms with Crippen molar-refractivity contribution >= 4 is 11.7 Å². The summed E-state index contributed by atoms with van der Waals surface area (Å²) in [5, 5.41) is 0. The molecule has 0 aromatic carbocycles. The molecule has 1 unspecified atom stereocenters. The predicted molar refractivity (Wildman–Crippen MR) is 54.4 cm³/mol. The van der Waals surface area contributed by atoms with Crippen molar-refractivity contribution in [2.75, 3.05) is 13.2 Å². The van der Waals surface area contributed by atoms with Gasteiger partial charge in [0.1, 0.15) is 0 Å². The number of carbonyl (C=O) groups is 2. The summed E-state index contributed by atoms with van der Waals surface area (Å²) in [6, 6.07) is 0.188. The van der Waals surface area contributed by atoms with Crippen molar-refractivity contribution < 1.29 is 14.3 Å². The number of ether oxygens (including phenoxy) is 1. The molecule has 2 fully saturated rings. The zero-order valence-electron chi connectivity index (χ0n) is 9.28. The fourth-order valence-corrected chi connectivity index (χ4v) is 2.40. The Morgan fingerprint density at radius 3 is 2.67 bits per heavy atom. The van der Waals surface area contributed by atoms with Crippen molar-refractivity contribution in [1.29, 1.82) is 0 Å². The second-order valence-corrected chi connectivity index (χ2v) is 4.93. The van der Waals surface area contributed by atoms with Crippen molar-refractivity contribution in [3.8, 4) is 0 Å². The fraction of sp³-hybridized carbons (Fsp3) is 0.818. The highest BCUT2D eigenvalue weighted by Gasteiger charge is 2.39. The maximum absolute atomic E-state index is 11.6. The lowest BCUT2D eigenvalue weighted by Crippen LogP contribution is -2.47. The minimum atomic E-state index is -0.294. The van der Waals surface area contributed by atoms with Gasteiger partial charge in [-0.3, -0.25) is 9.59 Å². The van der Waals surface area contributed by atoms with Gasteiger partial charge in [0.25, 0.3) is 5.91 Å². The molecule has 84 valence electrons. The quantitative estimate of drug-likeness (QED) is 0.601. The smallest absolute Gasteiger partial charge is 0.290 e. The summed E-state index contributed by atoms with van der Waals surface area (Å²) < 4.78 is 5.59. The lowest BCUT2D eigenvalue weighted by atomic mass is 9.93. The molecular weight excluding hydrogens is 194 g/mol. The Labute approximate surface area is 89.6 Å². The van der Waals surface area contributed by atoms with Crippen molar-refractivity contribution in [3.63, 3.8) is 0 Å². The summed E-state index contributed by atoms with van der Waals surface area (Å²) in [5.74, 6) is -0.531. The number of Topliss-reactive ketones (excluding diaryl/α,β-unsaturated/α-hetero) is 1. The van der Waals surface area contributed by atoms with Crippen LogP contribution in [0.2, 0.25) is 0 Å². The fourth-order valence-electron chi connectivity index (χ4n) is 2.40. The third-order valence-corrected chi connectivity index (χ3v) is 3.19. The number of ketones is 1. The van der Waals surface area contributed by atoms with Crippen LogP contribution in [0, 0.1) is 0 Å². The first-order valence-corrected chi connectivity index (χ1v) is 5.47. The van der Waals surface area contributed by atoms with E-state index in [0.29, 0.717) is 19.6 Å². The first-order chi connectivity index (χ1) is 6.99. The van der Waals surface area contributed by atoms with E-state index in [0.717, 1.165) is 12.8 Å². The molecule has 2 rings (SSSR count). The number of likely N-dealkylation sites (tertiary alicyclic amines) is 1. The van der Waals surface area contributed by atoms with Crippen molar-refractivity contribution in [2.45, 2.75) is 44.8 Å². The minimum absolute atomic E-state index is 0.172. The molecular formula is C11H17NO3. The van der Waals surface area contributed by atoms with Crippen molar-refractivity contribution in [2.24, 2.45) is 0 Å². The first-order valence-electron chi connectivity index (χ1n) is 5.47. The Hall–Kier alpha value is -0.900. The van der Waals surface area contributed by atoms with Crippen molar-refractivity contribution in [1.82, 2.24) is 4.90 Å². The topological polar surface area (TPSA) is 46.6 Å². The Balaban J connectivity index is 2.05. The molecule has 0 aliphatic carbocycles. The molecule has 2 aliphatic heterocycles. The normalized spacial score (nSPS) is 31.1. The van der Waals surface area contributed by atoms with Crippen LogP contribution in [0.15, 0.2) is 0 Å². The van der Waals surface area contributed by atoms with Gasteiger partial charge in [0.2, 0.25) is 5.78 Å². The van der Waals surface area contributed by atoms with Gasteiger partial charge in [0, 0.05) is 25.6 Å². The maximum Gasteiger partial charge on any atom is 0.290 e. The van der Waals surface area contributed by atoms with E-state index in [1.807, 2.05) is 13.8 Å². The summed E-state index contributed by atoms with van der Waals surface area (Å²) in [6.07, 6.45) is 2.06. The van der Waals surface area contributed by atoms with E-state index in [-0.39, 0.29) is 23.3 Å². The zero-order chi connectivity index (χ0) is 11.1. The number of hydrogen-bond acceptors (Lipinski definition) is 3. The molecule has 0 radical (unpaired) electrons. The molecule has 0 aromatic rings. The Kier molecular flexibility index (Phi) is 2.54. The number of hydrogen-bond donors (Lipinski definition) is 0. The highest BCUT2D eigenvalue weighted by atomic mass is 16.5. The number of carbonyl (C=O) groups excluding carboxylic acids is 2. The highest BCUT2D eigenvalue weighted by molar-refractivity contribution is 6.37.